The fourth-order valence-corrected chi connectivity index (χ4v) is 6.86. The zero-order valence-corrected chi connectivity index (χ0v) is 26.1. The monoisotopic (exact) mass is 614 g/mol. The molecule has 6 aromatic rings. The lowest BCUT2D eigenvalue weighted by Gasteiger charge is -2.34. The van der Waals surface area contributed by atoms with Crippen LogP contribution in [-0.2, 0) is 15.0 Å². The normalized spacial score (nSPS) is 12.7. The van der Waals surface area contributed by atoms with Crippen LogP contribution in [0.1, 0.15) is 35.1 Å². The van der Waals surface area contributed by atoms with Crippen molar-refractivity contribution in [3.63, 3.8) is 0 Å². The number of carbonyl (C=O) groups excluding carboxylic acids is 2. The molecule has 0 aliphatic heterocycles. The minimum atomic E-state index is -0.546. The summed E-state index contributed by atoms with van der Waals surface area (Å²) in [7, 11) is 0. The van der Waals surface area contributed by atoms with Crippen LogP contribution in [0.4, 0.5) is 0 Å². The van der Waals surface area contributed by atoms with Crippen molar-refractivity contribution in [2.24, 2.45) is 0 Å². The molecular weight excluding hydrogens is 580 g/mol. The number of ketones is 2. The summed E-state index contributed by atoms with van der Waals surface area (Å²) in [6, 6.07) is 43.0. The molecule has 230 valence electrons. The van der Waals surface area contributed by atoms with Gasteiger partial charge in [-0.25, -0.2) is 0 Å². The van der Waals surface area contributed by atoms with E-state index in [0.717, 1.165) is 33.0 Å². The second kappa shape index (κ2) is 12.6. The van der Waals surface area contributed by atoms with Crippen molar-refractivity contribution in [2.75, 3.05) is 13.2 Å². The second-order valence-corrected chi connectivity index (χ2v) is 11.8. The van der Waals surface area contributed by atoms with Crippen LogP contribution in [0.5, 0.6) is 11.5 Å². The van der Waals surface area contributed by atoms with Crippen LogP contribution >= 0.6 is 0 Å². The lowest BCUT2D eigenvalue weighted by molar-refractivity contribution is -0.115. The first-order chi connectivity index (χ1) is 23.0. The first-order valence-electron chi connectivity index (χ1n) is 15.9. The van der Waals surface area contributed by atoms with E-state index in [1.165, 1.54) is 45.5 Å². The number of benzene rings is 6. The first kappa shape index (κ1) is 29.9. The van der Waals surface area contributed by atoms with Gasteiger partial charge >= 0.3 is 0 Å². The molecular formula is C43H34O4. The molecule has 4 heteroatoms. The van der Waals surface area contributed by atoms with Crippen molar-refractivity contribution < 1.29 is 19.1 Å². The van der Waals surface area contributed by atoms with Gasteiger partial charge in [0.1, 0.15) is 11.5 Å². The second-order valence-electron chi connectivity index (χ2n) is 11.8. The maximum absolute atomic E-state index is 11.6. The number of hydrogen-bond acceptors (Lipinski definition) is 4. The third kappa shape index (κ3) is 5.42. The lowest BCUT2D eigenvalue weighted by Crippen LogP contribution is -2.28. The van der Waals surface area contributed by atoms with Gasteiger partial charge < -0.3 is 9.47 Å². The maximum atomic E-state index is 11.6. The molecule has 0 bridgehead atoms. The van der Waals surface area contributed by atoms with Gasteiger partial charge in [-0.1, -0.05) is 98.1 Å². The number of rotatable bonds is 12. The van der Waals surface area contributed by atoms with E-state index in [9.17, 15) is 9.59 Å². The smallest absolute Gasteiger partial charge is 0.158 e. The molecule has 0 unspecified atom stereocenters. The van der Waals surface area contributed by atoms with Crippen LogP contribution in [0.15, 0.2) is 147 Å². The average molecular weight is 615 g/mol. The average Bonchev–Trinajstić information content (AvgIpc) is 3.42. The molecule has 0 heterocycles. The van der Waals surface area contributed by atoms with E-state index < -0.39 is 5.41 Å². The quantitative estimate of drug-likeness (QED) is 0.129. The number of ether oxygens (including phenoxy) is 2. The van der Waals surface area contributed by atoms with Gasteiger partial charge in [-0.3, -0.25) is 9.59 Å². The van der Waals surface area contributed by atoms with Gasteiger partial charge in [0, 0.05) is 12.8 Å². The zero-order valence-electron chi connectivity index (χ0n) is 26.1. The van der Waals surface area contributed by atoms with Crippen LogP contribution in [0.2, 0.25) is 0 Å². The Bertz CT molecular complexity index is 2030. The van der Waals surface area contributed by atoms with E-state index >= 15 is 0 Å². The summed E-state index contributed by atoms with van der Waals surface area (Å²) >= 11 is 0. The van der Waals surface area contributed by atoms with Gasteiger partial charge in [-0.05, 0) is 103 Å². The van der Waals surface area contributed by atoms with E-state index in [4.69, 9.17) is 9.47 Å². The molecule has 0 radical (unpaired) electrons. The predicted molar refractivity (Wildman–Crippen MR) is 189 cm³/mol. The molecule has 7 rings (SSSR count). The molecule has 0 N–H and O–H groups in total. The molecule has 1 aliphatic carbocycles. The van der Waals surface area contributed by atoms with Crippen LogP contribution < -0.4 is 9.47 Å². The standard InChI is InChI=1S/C43H34O4/c1-3-35(44)21-23-46-37-19-15-29-25-33(17-13-31(29)27-37)43(41-11-7-5-9-39(41)40-10-6-8-12-42(40)43)34-18-14-32-28-38(20-16-30(32)26-34)47-24-22-36(45)4-2/h3-20,25-28H,1-2,21-24H2. The number of carbonyl (C=O) groups is 2. The SMILES string of the molecule is C=CC(=O)CCOc1ccc2cc(C3(c4ccc5cc(OCCC(=O)C=C)ccc5c4)c4ccccc4-c4ccccc43)ccc2c1. The highest BCUT2D eigenvalue weighted by Gasteiger charge is 2.46. The molecule has 0 saturated heterocycles. The predicted octanol–water partition coefficient (Wildman–Crippen LogP) is 9.40. The molecule has 0 amide bonds. The Balaban J connectivity index is 1.34. The summed E-state index contributed by atoms with van der Waals surface area (Å²) in [5.74, 6) is 1.41. The summed E-state index contributed by atoms with van der Waals surface area (Å²) in [5.41, 5.74) is 6.78. The molecule has 0 atom stereocenters. The third-order valence-electron chi connectivity index (χ3n) is 9.13. The van der Waals surface area contributed by atoms with Crippen molar-refractivity contribution in [3.8, 4) is 22.6 Å². The van der Waals surface area contributed by atoms with E-state index in [1.54, 1.807) is 0 Å². The van der Waals surface area contributed by atoms with E-state index in [0.29, 0.717) is 26.1 Å². The highest BCUT2D eigenvalue weighted by atomic mass is 16.5. The molecule has 1 aliphatic rings. The molecule has 47 heavy (non-hydrogen) atoms. The highest BCUT2D eigenvalue weighted by Crippen LogP contribution is 2.56. The van der Waals surface area contributed by atoms with Crippen LogP contribution in [0.25, 0.3) is 32.7 Å². The van der Waals surface area contributed by atoms with Crippen LogP contribution in [0.3, 0.4) is 0 Å². The Morgan fingerprint density at radius 3 is 1.38 bits per heavy atom. The van der Waals surface area contributed by atoms with Crippen molar-refractivity contribution >= 4 is 33.1 Å². The molecule has 0 aromatic heterocycles. The fourth-order valence-electron chi connectivity index (χ4n) is 6.86. The van der Waals surface area contributed by atoms with Crippen molar-refractivity contribution in [1.82, 2.24) is 0 Å². The van der Waals surface area contributed by atoms with E-state index in [-0.39, 0.29) is 11.6 Å². The van der Waals surface area contributed by atoms with Crippen LogP contribution in [0, 0.1) is 0 Å². The number of allylic oxidation sites excluding steroid dienone is 2. The Morgan fingerprint density at radius 1 is 0.532 bits per heavy atom. The third-order valence-corrected chi connectivity index (χ3v) is 9.13. The minimum absolute atomic E-state index is 0.0303. The molecule has 0 saturated carbocycles. The largest absolute Gasteiger partial charge is 0.493 e. The molecule has 0 fully saturated rings. The van der Waals surface area contributed by atoms with Gasteiger partial charge in [0.2, 0.25) is 0 Å². The van der Waals surface area contributed by atoms with Gasteiger partial charge in [-0.2, -0.15) is 0 Å². The number of hydrogen-bond donors (Lipinski definition) is 0. The van der Waals surface area contributed by atoms with Crippen molar-refractivity contribution in [3.05, 3.63) is 169 Å². The van der Waals surface area contributed by atoms with Crippen molar-refractivity contribution in [1.29, 1.82) is 0 Å². The Morgan fingerprint density at radius 2 is 0.936 bits per heavy atom. The summed E-state index contributed by atoms with van der Waals surface area (Å²) in [4.78, 5) is 23.3. The summed E-state index contributed by atoms with van der Waals surface area (Å²) in [6.45, 7) is 7.70. The summed E-state index contributed by atoms with van der Waals surface area (Å²) in [5, 5.41) is 4.35. The Kier molecular flexibility index (Phi) is 8.01. The Labute approximate surface area is 274 Å². The van der Waals surface area contributed by atoms with Gasteiger partial charge in [0.25, 0.3) is 0 Å². The maximum Gasteiger partial charge on any atom is 0.158 e. The number of fused-ring (bicyclic) bond motifs is 5. The minimum Gasteiger partial charge on any atom is -0.493 e. The summed E-state index contributed by atoms with van der Waals surface area (Å²) < 4.78 is 11.8. The summed E-state index contributed by atoms with van der Waals surface area (Å²) in [6.07, 6.45) is 3.27. The zero-order chi connectivity index (χ0) is 32.4. The van der Waals surface area contributed by atoms with E-state index in [2.05, 4.69) is 110 Å². The lowest BCUT2D eigenvalue weighted by atomic mass is 9.67. The van der Waals surface area contributed by atoms with E-state index in [1.807, 2.05) is 24.3 Å². The molecule has 0 spiro atoms. The fraction of sp³-hybridized carbons (Fsp3) is 0.116. The first-order valence-corrected chi connectivity index (χ1v) is 15.9. The van der Waals surface area contributed by atoms with Gasteiger partial charge in [0.05, 0.1) is 18.6 Å². The Hall–Kier alpha value is -5.74. The van der Waals surface area contributed by atoms with Crippen LogP contribution in [-0.4, -0.2) is 24.8 Å². The molecule has 6 aromatic carbocycles. The highest BCUT2D eigenvalue weighted by molar-refractivity contribution is 5.92. The topological polar surface area (TPSA) is 52.6 Å². The van der Waals surface area contributed by atoms with Crippen molar-refractivity contribution in [2.45, 2.75) is 18.3 Å². The molecule has 4 nitrogen and oxygen atoms in total. The van der Waals surface area contributed by atoms with Gasteiger partial charge in [0.15, 0.2) is 11.6 Å². The van der Waals surface area contributed by atoms with Gasteiger partial charge in [-0.15, -0.1) is 0 Å².